The lowest BCUT2D eigenvalue weighted by Gasteiger charge is -2.05. The predicted molar refractivity (Wildman–Crippen MR) is 82.7 cm³/mol. The number of nitrogens with one attached hydrogen (secondary N) is 1. The van der Waals surface area contributed by atoms with E-state index >= 15 is 0 Å². The fourth-order valence-electron chi connectivity index (χ4n) is 2.06. The van der Waals surface area contributed by atoms with Crippen LogP contribution in [0, 0.1) is 17.5 Å². The van der Waals surface area contributed by atoms with Gasteiger partial charge in [0, 0.05) is 0 Å². The van der Waals surface area contributed by atoms with Gasteiger partial charge in [0.15, 0.2) is 11.6 Å². The molecule has 1 aromatic heterocycles. The third kappa shape index (κ3) is 3.97. The van der Waals surface area contributed by atoms with Gasteiger partial charge in [-0.25, -0.2) is 31.0 Å². The van der Waals surface area contributed by atoms with Crippen molar-refractivity contribution >= 4 is 16.0 Å². The van der Waals surface area contributed by atoms with E-state index in [2.05, 4.69) is 14.8 Å². The lowest BCUT2D eigenvalue weighted by Crippen LogP contribution is -2.15. The van der Waals surface area contributed by atoms with Crippen LogP contribution in [0.25, 0.3) is 0 Å². The average molecular weight is 368 g/mol. The maximum atomic E-state index is 13.2. The van der Waals surface area contributed by atoms with Crippen molar-refractivity contribution in [2.45, 2.75) is 11.4 Å². The lowest BCUT2D eigenvalue weighted by molar-refractivity contribution is 0.504. The van der Waals surface area contributed by atoms with Crippen molar-refractivity contribution < 1.29 is 21.6 Å². The highest BCUT2D eigenvalue weighted by molar-refractivity contribution is 7.92. The van der Waals surface area contributed by atoms with E-state index in [1.165, 1.54) is 29.2 Å². The molecule has 0 spiro atoms. The summed E-state index contributed by atoms with van der Waals surface area (Å²) in [6, 6.07) is 8.01. The quantitative estimate of drug-likeness (QED) is 0.751. The Bertz CT molecular complexity index is 1020. The summed E-state index contributed by atoms with van der Waals surface area (Å²) in [7, 11) is -4.17. The minimum absolute atomic E-state index is 0.178. The normalized spacial score (nSPS) is 11.5. The van der Waals surface area contributed by atoms with Crippen LogP contribution in [0.3, 0.4) is 0 Å². The molecule has 25 heavy (non-hydrogen) atoms. The molecule has 10 heteroatoms. The summed E-state index contributed by atoms with van der Waals surface area (Å²) in [6.07, 6.45) is 1.26. The van der Waals surface area contributed by atoms with Gasteiger partial charge in [-0.1, -0.05) is 12.1 Å². The summed E-state index contributed by atoms with van der Waals surface area (Å²) in [5.41, 5.74) is 0.611. The summed E-state index contributed by atoms with van der Waals surface area (Å²) < 4.78 is 66.9. The Morgan fingerprint density at radius 3 is 2.56 bits per heavy atom. The first kappa shape index (κ1) is 17.0. The summed E-state index contributed by atoms with van der Waals surface area (Å²) in [5.74, 6) is -3.10. The van der Waals surface area contributed by atoms with Crippen molar-refractivity contribution in [2.75, 3.05) is 4.72 Å². The number of nitrogens with zero attached hydrogens (tertiary/aromatic N) is 3. The predicted octanol–water partition coefficient (Wildman–Crippen LogP) is 2.54. The summed E-state index contributed by atoms with van der Waals surface area (Å²) in [5, 5.41) is 3.91. The van der Waals surface area contributed by atoms with Crippen LogP contribution < -0.4 is 4.72 Å². The molecule has 0 unspecified atom stereocenters. The molecule has 0 amide bonds. The Morgan fingerprint density at radius 2 is 1.84 bits per heavy atom. The van der Waals surface area contributed by atoms with Gasteiger partial charge in [-0.3, -0.25) is 0 Å². The zero-order valence-electron chi connectivity index (χ0n) is 12.5. The van der Waals surface area contributed by atoms with Gasteiger partial charge in [-0.05, 0) is 35.9 Å². The van der Waals surface area contributed by atoms with Crippen LogP contribution in [0.4, 0.5) is 19.1 Å². The van der Waals surface area contributed by atoms with Crippen LogP contribution in [-0.4, -0.2) is 23.2 Å². The van der Waals surface area contributed by atoms with Gasteiger partial charge in [0.25, 0.3) is 16.0 Å². The number of hydrogen-bond acceptors (Lipinski definition) is 4. The molecule has 3 aromatic rings. The van der Waals surface area contributed by atoms with Crippen LogP contribution in [0.15, 0.2) is 53.7 Å². The van der Waals surface area contributed by atoms with Crippen molar-refractivity contribution in [2.24, 2.45) is 0 Å². The van der Waals surface area contributed by atoms with E-state index in [4.69, 9.17) is 0 Å². The van der Waals surface area contributed by atoms with E-state index in [-0.39, 0.29) is 12.5 Å². The van der Waals surface area contributed by atoms with Crippen LogP contribution in [0.5, 0.6) is 0 Å². The monoisotopic (exact) mass is 368 g/mol. The Morgan fingerprint density at radius 1 is 1.04 bits per heavy atom. The number of benzene rings is 2. The molecule has 0 radical (unpaired) electrons. The Labute approximate surface area is 141 Å². The fraction of sp³-hybridized carbons (Fsp3) is 0.0667. The Hall–Kier alpha value is -2.88. The zero-order chi connectivity index (χ0) is 18.0. The third-order valence-corrected chi connectivity index (χ3v) is 4.52. The smallest absolute Gasteiger partial charge is 0.246 e. The molecule has 0 saturated heterocycles. The fourth-order valence-corrected chi connectivity index (χ4v) is 3.02. The molecule has 1 N–H and O–H groups in total. The highest BCUT2D eigenvalue weighted by Gasteiger charge is 2.18. The third-order valence-electron chi connectivity index (χ3n) is 3.20. The maximum Gasteiger partial charge on any atom is 0.264 e. The van der Waals surface area contributed by atoms with Crippen LogP contribution in [0.2, 0.25) is 0 Å². The average Bonchev–Trinajstić information content (AvgIpc) is 2.96. The number of anilines is 1. The number of rotatable bonds is 5. The molecule has 0 atom stereocenters. The molecular weight excluding hydrogens is 357 g/mol. The highest BCUT2D eigenvalue weighted by Crippen LogP contribution is 2.16. The van der Waals surface area contributed by atoms with Gasteiger partial charge in [-0.2, -0.15) is 4.98 Å². The SMILES string of the molecule is O=S(=O)(Nc1ncn(Cc2cccc(F)c2)n1)c1ccc(F)c(F)c1. The van der Waals surface area contributed by atoms with Crippen LogP contribution in [0.1, 0.15) is 5.56 Å². The molecule has 6 nitrogen and oxygen atoms in total. The van der Waals surface area contributed by atoms with E-state index in [9.17, 15) is 21.6 Å². The maximum absolute atomic E-state index is 13.2. The highest BCUT2D eigenvalue weighted by atomic mass is 32.2. The minimum Gasteiger partial charge on any atom is -0.246 e. The molecule has 0 aliphatic rings. The van der Waals surface area contributed by atoms with Gasteiger partial charge in [0.1, 0.15) is 12.1 Å². The van der Waals surface area contributed by atoms with Crippen molar-refractivity contribution in [3.05, 3.63) is 71.8 Å². The minimum atomic E-state index is -4.17. The Kier molecular flexibility index (Phi) is 4.45. The second-order valence-electron chi connectivity index (χ2n) is 5.08. The second-order valence-corrected chi connectivity index (χ2v) is 6.76. The second kappa shape index (κ2) is 6.55. The van der Waals surface area contributed by atoms with Crippen molar-refractivity contribution in [3.8, 4) is 0 Å². The van der Waals surface area contributed by atoms with E-state index in [0.29, 0.717) is 17.7 Å². The molecule has 0 fully saturated rings. The first-order valence-corrected chi connectivity index (χ1v) is 8.43. The van der Waals surface area contributed by atoms with Gasteiger partial charge < -0.3 is 0 Å². The van der Waals surface area contributed by atoms with E-state index < -0.39 is 32.4 Å². The molecule has 3 rings (SSSR count). The van der Waals surface area contributed by atoms with Crippen molar-refractivity contribution in [3.63, 3.8) is 0 Å². The number of sulfonamides is 1. The summed E-state index contributed by atoms with van der Waals surface area (Å²) in [4.78, 5) is 3.32. The van der Waals surface area contributed by atoms with E-state index in [1.54, 1.807) is 6.07 Å². The van der Waals surface area contributed by atoms with Crippen molar-refractivity contribution in [1.29, 1.82) is 0 Å². The summed E-state index contributed by atoms with van der Waals surface area (Å²) >= 11 is 0. The molecular formula is C15H11F3N4O2S. The van der Waals surface area contributed by atoms with Crippen LogP contribution >= 0.6 is 0 Å². The summed E-state index contributed by atoms with van der Waals surface area (Å²) in [6.45, 7) is 0.178. The van der Waals surface area contributed by atoms with Crippen molar-refractivity contribution in [1.82, 2.24) is 14.8 Å². The molecule has 0 bridgehead atoms. The molecule has 0 aliphatic carbocycles. The van der Waals surface area contributed by atoms with Crippen LogP contribution in [-0.2, 0) is 16.6 Å². The first-order valence-electron chi connectivity index (χ1n) is 6.95. The van der Waals surface area contributed by atoms with Gasteiger partial charge in [-0.15, -0.1) is 5.10 Å². The number of aromatic nitrogens is 3. The van der Waals surface area contributed by atoms with E-state index in [0.717, 1.165) is 6.07 Å². The number of halogens is 3. The van der Waals surface area contributed by atoms with Gasteiger partial charge in [0.2, 0.25) is 0 Å². The topological polar surface area (TPSA) is 76.9 Å². The largest absolute Gasteiger partial charge is 0.264 e. The number of hydrogen-bond donors (Lipinski definition) is 1. The standard InChI is InChI=1S/C15H11F3N4O2S/c16-11-3-1-2-10(6-11)8-22-9-19-15(20-22)21-25(23,24)12-4-5-13(17)14(18)7-12/h1-7,9H,8H2,(H,20,21). The molecule has 2 aromatic carbocycles. The van der Waals surface area contributed by atoms with Gasteiger partial charge >= 0.3 is 0 Å². The molecule has 130 valence electrons. The zero-order valence-corrected chi connectivity index (χ0v) is 13.3. The van der Waals surface area contributed by atoms with E-state index in [1.807, 2.05) is 0 Å². The molecule has 0 aliphatic heterocycles. The molecule has 1 heterocycles. The Balaban J connectivity index is 1.77. The first-order chi connectivity index (χ1) is 11.8. The molecule has 0 saturated carbocycles. The lowest BCUT2D eigenvalue weighted by atomic mass is 10.2. The van der Waals surface area contributed by atoms with Gasteiger partial charge in [0.05, 0.1) is 11.4 Å².